The quantitative estimate of drug-likeness (QED) is 0.616. The summed E-state index contributed by atoms with van der Waals surface area (Å²) in [5.41, 5.74) is 0. The first-order valence-corrected chi connectivity index (χ1v) is 2.53. The highest BCUT2D eigenvalue weighted by molar-refractivity contribution is 5.83. The van der Waals surface area contributed by atoms with E-state index in [1.165, 1.54) is 7.05 Å². The Bertz CT molecular complexity index is 269. The number of imidazole rings is 1. The number of hydrogen-bond donors (Lipinski definition) is 1. The molecule has 5 heteroatoms. The number of aromatic carboxylic acids is 1. The molecule has 0 atom stereocenters. The maximum atomic E-state index is 12.2. The summed E-state index contributed by atoms with van der Waals surface area (Å²) in [6, 6.07) is 0. The van der Waals surface area contributed by atoms with Gasteiger partial charge >= 0.3 is 5.97 Å². The Kier molecular flexibility index (Phi) is 1.41. The summed E-state index contributed by atoms with van der Waals surface area (Å²) < 4.78 is 13.3. The lowest BCUT2D eigenvalue weighted by molar-refractivity contribution is 0.0679. The summed E-state index contributed by atoms with van der Waals surface area (Å²) in [5, 5.41) is 8.33. The fourth-order valence-corrected chi connectivity index (χ4v) is 0.629. The molecular weight excluding hydrogens is 140 g/mol. The Morgan fingerprint density at radius 3 is 2.70 bits per heavy atom. The van der Waals surface area contributed by atoms with Crippen LogP contribution >= 0.6 is 0 Å². The van der Waals surface area contributed by atoms with Crippen LogP contribution in [0.4, 0.5) is 4.39 Å². The van der Waals surface area contributed by atoms with Crippen molar-refractivity contribution in [1.82, 2.24) is 9.55 Å². The molecule has 54 valence electrons. The van der Waals surface area contributed by atoms with E-state index in [0.29, 0.717) is 0 Å². The molecular formula is C5H5FN2O2. The molecule has 0 aromatic carbocycles. The lowest BCUT2D eigenvalue weighted by Crippen LogP contribution is -2.04. The number of carboxylic acid groups (broad SMARTS) is 1. The van der Waals surface area contributed by atoms with Crippen LogP contribution in [0.2, 0.25) is 0 Å². The van der Waals surface area contributed by atoms with Gasteiger partial charge in [0.2, 0.25) is 11.8 Å². The third kappa shape index (κ3) is 0.975. The van der Waals surface area contributed by atoms with Crippen molar-refractivity contribution in [2.75, 3.05) is 0 Å². The Balaban J connectivity index is 3.15. The van der Waals surface area contributed by atoms with Crippen molar-refractivity contribution in [2.45, 2.75) is 0 Å². The molecule has 0 amide bonds. The van der Waals surface area contributed by atoms with E-state index in [2.05, 4.69) is 4.98 Å². The van der Waals surface area contributed by atoms with Gasteiger partial charge < -0.3 is 9.67 Å². The normalized spacial score (nSPS) is 9.80. The van der Waals surface area contributed by atoms with Crippen LogP contribution < -0.4 is 0 Å². The minimum Gasteiger partial charge on any atom is -0.475 e. The smallest absolute Gasteiger partial charge is 0.372 e. The van der Waals surface area contributed by atoms with Crippen molar-refractivity contribution in [3.05, 3.63) is 18.0 Å². The third-order valence-corrected chi connectivity index (χ3v) is 1.04. The molecule has 0 aliphatic rings. The second kappa shape index (κ2) is 2.09. The van der Waals surface area contributed by atoms with E-state index in [1.807, 2.05) is 0 Å². The summed E-state index contributed by atoms with van der Waals surface area (Å²) in [5.74, 6) is -2.30. The largest absolute Gasteiger partial charge is 0.475 e. The summed E-state index contributed by atoms with van der Waals surface area (Å²) in [6.45, 7) is 0. The maximum absolute atomic E-state index is 12.2. The first kappa shape index (κ1) is 6.73. The fourth-order valence-electron chi connectivity index (χ4n) is 0.629. The standard InChI is InChI=1S/C5H5FN2O2/c1-8-2-3(6)7-4(8)5(9)10/h2H,1H3,(H,9,10)/i3+1. The summed E-state index contributed by atoms with van der Waals surface area (Å²) in [4.78, 5) is 13.3. The molecule has 1 aromatic rings. The highest BCUT2D eigenvalue weighted by Crippen LogP contribution is 1.97. The SMILES string of the molecule is Cn1c[13c](F)nc1C(=O)O. The van der Waals surface area contributed by atoms with Crippen LogP contribution in [0.5, 0.6) is 0 Å². The van der Waals surface area contributed by atoms with Crippen molar-refractivity contribution in [3.63, 3.8) is 0 Å². The molecule has 1 rings (SSSR count). The number of nitrogens with zero attached hydrogens (tertiary/aromatic N) is 2. The van der Waals surface area contributed by atoms with Crippen LogP contribution in [0.3, 0.4) is 0 Å². The predicted molar refractivity (Wildman–Crippen MR) is 30.1 cm³/mol. The average molecular weight is 145 g/mol. The zero-order chi connectivity index (χ0) is 7.72. The number of aromatic nitrogens is 2. The van der Waals surface area contributed by atoms with E-state index >= 15 is 0 Å². The monoisotopic (exact) mass is 145 g/mol. The molecule has 0 radical (unpaired) electrons. The summed E-state index contributed by atoms with van der Waals surface area (Å²) in [7, 11) is 1.42. The second-order valence-electron chi connectivity index (χ2n) is 1.80. The van der Waals surface area contributed by atoms with Gasteiger partial charge in [-0.3, -0.25) is 0 Å². The Hall–Kier alpha value is -1.39. The van der Waals surface area contributed by atoms with E-state index in [1.54, 1.807) is 0 Å². The minimum atomic E-state index is -1.23. The molecule has 1 aromatic heterocycles. The van der Waals surface area contributed by atoms with Gasteiger partial charge in [-0.2, -0.15) is 9.37 Å². The van der Waals surface area contributed by atoms with Gasteiger partial charge in [0.05, 0.1) is 6.20 Å². The van der Waals surface area contributed by atoms with Gasteiger partial charge in [0.25, 0.3) is 0 Å². The van der Waals surface area contributed by atoms with Gasteiger partial charge in [0.15, 0.2) is 0 Å². The maximum Gasteiger partial charge on any atom is 0.372 e. The van der Waals surface area contributed by atoms with Crippen molar-refractivity contribution in [3.8, 4) is 0 Å². The highest BCUT2D eigenvalue weighted by Gasteiger charge is 2.10. The van der Waals surface area contributed by atoms with Gasteiger partial charge in [0, 0.05) is 7.05 Å². The lowest BCUT2D eigenvalue weighted by Gasteiger charge is -1.90. The molecule has 1 heterocycles. The zero-order valence-electron chi connectivity index (χ0n) is 5.21. The molecule has 0 unspecified atom stereocenters. The first-order chi connectivity index (χ1) is 4.61. The van der Waals surface area contributed by atoms with Gasteiger partial charge in [-0.15, -0.1) is 0 Å². The molecule has 0 aliphatic heterocycles. The van der Waals surface area contributed by atoms with Crippen LogP contribution in [-0.4, -0.2) is 20.6 Å². The number of carbonyl (C=O) groups is 1. The van der Waals surface area contributed by atoms with E-state index in [0.717, 1.165) is 10.8 Å². The highest BCUT2D eigenvalue weighted by atomic mass is 19.2. The van der Waals surface area contributed by atoms with E-state index in [4.69, 9.17) is 5.11 Å². The number of aryl methyl sites for hydroxylation is 1. The van der Waals surface area contributed by atoms with Crippen LogP contribution in [0, 0.1) is 5.95 Å². The number of hydrogen-bond acceptors (Lipinski definition) is 2. The molecule has 0 bridgehead atoms. The van der Waals surface area contributed by atoms with Crippen LogP contribution in [0.1, 0.15) is 10.6 Å². The molecule has 1 N–H and O–H groups in total. The van der Waals surface area contributed by atoms with Gasteiger partial charge in [-0.05, 0) is 0 Å². The molecule has 4 nitrogen and oxygen atoms in total. The number of halogens is 1. The minimum absolute atomic E-state index is 0.294. The number of rotatable bonds is 1. The Morgan fingerprint density at radius 2 is 2.50 bits per heavy atom. The van der Waals surface area contributed by atoms with Crippen molar-refractivity contribution in [1.29, 1.82) is 0 Å². The van der Waals surface area contributed by atoms with Gasteiger partial charge in [-0.25, -0.2) is 4.79 Å². The third-order valence-electron chi connectivity index (χ3n) is 1.04. The summed E-state index contributed by atoms with van der Waals surface area (Å²) >= 11 is 0. The van der Waals surface area contributed by atoms with Crippen molar-refractivity contribution in [2.24, 2.45) is 7.05 Å². The Labute approximate surface area is 55.9 Å². The molecule has 0 saturated heterocycles. The summed E-state index contributed by atoms with van der Waals surface area (Å²) in [6.07, 6.45) is 1.00. The van der Waals surface area contributed by atoms with Crippen molar-refractivity contribution >= 4 is 5.97 Å². The van der Waals surface area contributed by atoms with Crippen LogP contribution in [0.25, 0.3) is 0 Å². The molecule has 0 saturated carbocycles. The van der Waals surface area contributed by atoms with Crippen LogP contribution in [-0.2, 0) is 7.05 Å². The Morgan fingerprint density at radius 1 is 1.90 bits per heavy atom. The van der Waals surface area contributed by atoms with Crippen LogP contribution in [0.15, 0.2) is 6.20 Å². The average Bonchev–Trinajstić information content (AvgIpc) is 2.10. The fraction of sp³-hybridized carbons (Fsp3) is 0.200. The molecule has 0 fully saturated rings. The lowest BCUT2D eigenvalue weighted by atomic mass is 10.6. The van der Waals surface area contributed by atoms with Gasteiger partial charge in [0.1, 0.15) is 0 Å². The number of carboxylic acids is 1. The second-order valence-corrected chi connectivity index (χ2v) is 1.80. The first-order valence-electron chi connectivity index (χ1n) is 2.53. The molecule has 0 spiro atoms. The molecule has 0 aliphatic carbocycles. The molecule has 10 heavy (non-hydrogen) atoms. The van der Waals surface area contributed by atoms with E-state index < -0.39 is 11.9 Å². The topological polar surface area (TPSA) is 55.1 Å². The zero-order valence-corrected chi connectivity index (χ0v) is 5.21. The predicted octanol–water partition coefficient (Wildman–Crippen LogP) is 0.257. The van der Waals surface area contributed by atoms with Gasteiger partial charge in [-0.1, -0.05) is 0 Å². The van der Waals surface area contributed by atoms with Crippen molar-refractivity contribution < 1.29 is 14.3 Å². The van der Waals surface area contributed by atoms with E-state index in [9.17, 15) is 9.18 Å². The van der Waals surface area contributed by atoms with E-state index in [-0.39, 0.29) is 5.82 Å².